The van der Waals surface area contributed by atoms with Crippen LogP contribution < -0.4 is 5.32 Å². The number of nitrogens with one attached hydrogen (secondary N) is 1. The van der Waals surface area contributed by atoms with E-state index in [1.165, 1.54) is 31.5 Å². The van der Waals surface area contributed by atoms with Crippen LogP contribution in [0, 0.1) is 11.8 Å². The molecule has 1 saturated heterocycles. The van der Waals surface area contributed by atoms with E-state index in [9.17, 15) is 0 Å². The van der Waals surface area contributed by atoms with Gasteiger partial charge in [0.15, 0.2) is 0 Å². The van der Waals surface area contributed by atoms with Crippen LogP contribution in [0.15, 0.2) is 86.8 Å². The number of nitrogens with zero attached hydrogens (tertiary/aromatic N) is 2. The molecule has 0 amide bonds. The van der Waals surface area contributed by atoms with Crippen molar-refractivity contribution >= 4 is 0 Å². The van der Waals surface area contributed by atoms with Crippen LogP contribution in [0.3, 0.4) is 0 Å². The van der Waals surface area contributed by atoms with Gasteiger partial charge in [-0.3, -0.25) is 4.98 Å². The predicted molar refractivity (Wildman–Crippen MR) is 128 cm³/mol. The summed E-state index contributed by atoms with van der Waals surface area (Å²) in [6, 6.07) is 4.49. The van der Waals surface area contributed by atoms with Crippen molar-refractivity contribution in [2.45, 2.75) is 32.7 Å². The van der Waals surface area contributed by atoms with E-state index in [-0.39, 0.29) is 0 Å². The molecule has 2 atom stereocenters. The molecule has 0 radical (unpaired) electrons. The van der Waals surface area contributed by atoms with E-state index in [1.54, 1.807) is 6.08 Å². The van der Waals surface area contributed by atoms with Crippen LogP contribution in [0.1, 0.15) is 38.3 Å². The molecule has 158 valence electrons. The lowest BCUT2D eigenvalue weighted by atomic mass is 9.95. The second-order valence-corrected chi connectivity index (χ2v) is 7.39. The Morgan fingerprint density at radius 3 is 2.59 bits per heavy atom. The number of allylic oxidation sites excluding steroid dienone is 7. The zero-order valence-electron chi connectivity index (χ0n) is 18.3. The van der Waals surface area contributed by atoms with Gasteiger partial charge in [0.1, 0.15) is 0 Å². The maximum Gasteiger partial charge on any atom is 0.0315 e. The number of aromatic nitrogens is 1. The van der Waals surface area contributed by atoms with Crippen LogP contribution in [0.5, 0.6) is 0 Å². The fraction of sp³-hybridized carbons (Fsp3) is 0.423. The average Bonchev–Trinajstić information content (AvgIpc) is 2.78. The third-order valence-electron chi connectivity index (χ3n) is 5.16. The molecule has 3 nitrogen and oxygen atoms in total. The van der Waals surface area contributed by atoms with Crippen LogP contribution in [0.4, 0.5) is 0 Å². The molecule has 0 aliphatic carbocycles. The first kappa shape index (κ1) is 24.8. The molecule has 2 heterocycles. The van der Waals surface area contributed by atoms with E-state index in [2.05, 4.69) is 79.2 Å². The number of hydrogen-bond donors (Lipinski definition) is 1. The summed E-state index contributed by atoms with van der Waals surface area (Å²) in [6.07, 6.45) is 21.2. The Kier molecular flexibility index (Phi) is 13.4. The zero-order chi connectivity index (χ0) is 21.3. The van der Waals surface area contributed by atoms with Crippen molar-refractivity contribution in [3.8, 4) is 0 Å². The van der Waals surface area contributed by atoms with E-state index in [0.717, 1.165) is 19.0 Å². The van der Waals surface area contributed by atoms with Gasteiger partial charge >= 0.3 is 0 Å². The smallest absolute Gasteiger partial charge is 0.0315 e. The molecule has 1 aliphatic rings. The van der Waals surface area contributed by atoms with Crippen LogP contribution in [0.2, 0.25) is 0 Å². The van der Waals surface area contributed by atoms with E-state index in [0.29, 0.717) is 12.0 Å². The first-order valence-electron chi connectivity index (χ1n) is 10.7. The second-order valence-electron chi connectivity index (χ2n) is 7.39. The number of pyridine rings is 1. The topological polar surface area (TPSA) is 28.2 Å². The van der Waals surface area contributed by atoms with Gasteiger partial charge < -0.3 is 10.2 Å². The Hall–Kier alpha value is -2.23. The molecule has 0 aromatic carbocycles. The molecule has 29 heavy (non-hydrogen) atoms. The van der Waals surface area contributed by atoms with E-state index >= 15 is 0 Å². The molecule has 2 unspecified atom stereocenters. The van der Waals surface area contributed by atoms with Gasteiger partial charge in [-0.05, 0) is 56.3 Å². The molecule has 0 spiro atoms. The normalized spacial score (nSPS) is 18.0. The third-order valence-corrected chi connectivity index (χ3v) is 5.16. The summed E-state index contributed by atoms with van der Waals surface area (Å²) >= 11 is 0. The fourth-order valence-electron chi connectivity index (χ4n) is 3.34. The van der Waals surface area contributed by atoms with Gasteiger partial charge in [-0.1, -0.05) is 62.1 Å². The van der Waals surface area contributed by atoms with Crippen molar-refractivity contribution in [2.24, 2.45) is 11.8 Å². The highest BCUT2D eigenvalue weighted by Crippen LogP contribution is 2.19. The van der Waals surface area contributed by atoms with Crippen molar-refractivity contribution < 1.29 is 0 Å². The lowest BCUT2D eigenvalue weighted by Gasteiger charge is -2.31. The van der Waals surface area contributed by atoms with Gasteiger partial charge in [-0.25, -0.2) is 0 Å². The highest BCUT2D eigenvalue weighted by molar-refractivity contribution is 5.13. The SMILES string of the molecule is C=C.C=C/C=C\C=C/C(C)/C=C\C1CCN(CCNC(C)c2cccnc2)CC1. The van der Waals surface area contributed by atoms with E-state index in [4.69, 9.17) is 0 Å². The first-order chi connectivity index (χ1) is 14.2. The molecule has 0 saturated carbocycles. The average molecular weight is 394 g/mol. The second kappa shape index (κ2) is 15.7. The largest absolute Gasteiger partial charge is 0.309 e. The van der Waals surface area contributed by atoms with Crippen molar-refractivity contribution in [1.29, 1.82) is 0 Å². The summed E-state index contributed by atoms with van der Waals surface area (Å²) in [6.45, 7) is 18.7. The van der Waals surface area contributed by atoms with Gasteiger partial charge in [0.2, 0.25) is 0 Å². The maximum atomic E-state index is 4.20. The minimum absolute atomic E-state index is 0.357. The maximum absolute atomic E-state index is 4.20. The highest BCUT2D eigenvalue weighted by atomic mass is 15.1. The lowest BCUT2D eigenvalue weighted by Crippen LogP contribution is -2.38. The molecule has 3 heteroatoms. The molecule has 0 bridgehead atoms. The summed E-state index contributed by atoms with van der Waals surface area (Å²) in [5.74, 6) is 1.21. The summed E-state index contributed by atoms with van der Waals surface area (Å²) in [7, 11) is 0. The molecule has 1 fully saturated rings. The highest BCUT2D eigenvalue weighted by Gasteiger charge is 2.17. The van der Waals surface area contributed by atoms with Crippen molar-refractivity contribution in [3.63, 3.8) is 0 Å². The summed E-state index contributed by atoms with van der Waals surface area (Å²) in [5, 5.41) is 3.61. The first-order valence-corrected chi connectivity index (χ1v) is 10.7. The number of hydrogen-bond acceptors (Lipinski definition) is 3. The Morgan fingerprint density at radius 2 is 1.93 bits per heavy atom. The summed E-state index contributed by atoms with van der Waals surface area (Å²) in [4.78, 5) is 6.78. The predicted octanol–water partition coefficient (Wildman–Crippen LogP) is 5.74. The van der Waals surface area contributed by atoms with Gasteiger partial charge in [-0.2, -0.15) is 0 Å². The van der Waals surface area contributed by atoms with Crippen LogP contribution in [0.25, 0.3) is 0 Å². The molecule has 2 rings (SSSR count). The Labute approximate surface area is 178 Å². The zero-order valence-corrected chi connectivity index (χ0v) is 18.3. The third kappa shape index (κ3) is 10.8. The number of likely N-dealkylation sites (tertiary alicyclic amines) is 1. The molecule has 1 aromatic heterocycles. The van der Waals surface area contributed by atoms with Crippen LogP contribution >= 0.6 is 0 Å². The molecular weight excluding hydrogens is 354 g/mol. The van der Waals surface area contributed by atoms with Crippen molar-refractivity contribution in [3.05, 3.63) is 92.4 Å². The van der Waals surface area contributed by atoms with Crippen molar-refractivity contribution in [2.75, 3.05) is 26.2 Å². The van der Waals surface area contributed by atoms with E-state index < -0.39 is 0 Å². The van der Waals surface area contributed by atoms with E-state index in [1.807, 2.05) is 30.6 Å². The van der Waals surface area contributed by atoms with Crippen LogP contribution in [-0.2, 0) is 0 Å². The quantitative estimate of drug-likeness (QED) is 0.406. The Bertz CT molecular complexity index is 625. The van der Waals surface area contributed by atoms with Crippen LogP contribution in [-0.4, -0.2) is 36.1 Å². The molecule has 1 aromatic rings. The minimum atomic E-state index is 0.357. The van der Waals surface area contributed by atoms with Crippen molar-refractivity contribution in [1.82, 2.24) is 15.2 Å². The number of piperidine rings is 1. The fourth-order valence-corrected chi connectivity index (χ4v) is 3.34. The Morgan fingerprint density at radius 1 is 1.17 bits per heavy atom. The standard InChI is InChI=1S/C24H35N3.C2H4/c1-4-5-6-7-9-21(2)11-12-23-13-17-27(18-14-23)19-16-26-22(3)24-10-8-15-25-20-24;1-2/h4-12,15,20-23,26H,1,13-14,16-19H2,2-3H3;1-2H2/b6-5-,9-7-,12-11-;. The minimum Gasteiger partial charge on any atom is -0.309 e. The lowest BCUT2D eigenvalue weighted by molar-refractivity contribution is 0.202. The molecule has 1 aliphatic heterocycles. The Balaban J connectivity index is 0.00000204. The summed E-state index contributed by atoms with van der Waals surface area (Å²) < 4.78 is 0. The van der Waals surface area contributed by atoms with Gasteiger partial charge in [-0.15, -0.1) is 13.2 Å². The summed E-state index contributed by atoms with van der Waals surface area (Å²) in [5.41, 5.74) is 1.25. The van der Waals surface area contributed by atoms with Gasteiger partial charge in [0.25, 0.3) is 0 Å². The molecular formula is C26H39N3. The molecule has 1 N–H and O–H groups in total. The number of rotatable bonds is 10. The monoisotopic (exact) mass is 393 g/mol. The van der Waals surface area contributed by atoms with Gasteiger partial charge in [0, 0.05) is 31.5 Å². The van der Waals surface area contributed by atoms with Gasteiger partial charge in [0.05, 0.1) is 0 Å².